The van der Waals surface area contributed by atoms with E-state index < -0.39 is 26.5 Å². The minimum absolute atomic E-state index is 0.0661. The predicted molar refractivity (Wildman–Crippen MR) is 196 cm³/mol. The molecule has 0 aromatic heterocycles. The van der Waals surface area contributed by atoms with Crippen molar-refractivity contribution in [2.24, 2.45) is 0 Å². The van der Waals surface area contributed by atoms with Crippen LogP contribution < -0.4 is 5.32 Å². The third-order valence-corrected chi connectivity index (χ3v) is 7.84. The van der Waals surface area contributed by atoms with Crippen LogP contribution in [0, 0.1) is 0 Å². The molecule has 2 atom stereocenters. The fourth-order valence-electron chi connectivity index (χ4n) is 4.18. The van der Waals surface area contributed by atoms with E-state index in [1.165, 1.54) is 12.8 Å². The molecule has 0 heterocycles. The lowest BCUT2D eigenvalue weighted by atomic mass is 10.1. The summed E-state index contributed by atoms with van der Waals surface area (Å²) in [6.07, 6.45) is 39.9. The average molecular weight is 694 g/mol. The van der Waals surface area contributed by atoms with Gasteiger partial charge in [0.2, 0.25) is 5.91 Å². The Morgan fingerprint density at radius 2 is 1.21 bits per heavy atom. The van der Waals surface area contributed by atoms with Crippen LogP contribution in [0.2, 0.25) is 0 Å². The number of hydrogen-bond acceptors (Lipinski definition) is 7. The first kappa shape index (κ1) is 45.5. The Labute approximate surface area is 290 Å². The summed E-state index contributed by atoms with van der Waals surface area (Å²) in [5, 5.41) is 12.6. The second kappa shape index (κ2) is 34.3. The fourth-order valence-corrected chi connectivity index (χ4v) is 4.94. The smallest absolute Gasteiger partial charge is 0.463 e. The van der Waals surface area contributed by atoms with Crippen LogP contribution in [0.4, 0.5) is 0 Å². The van der Waals surface area contributed by atoms with Gasteiger partial charge < -0.3 is 20.1 Å². The summed E-state index contributed by atoms with van der Waals surface area (Å²) in [4.78, 5) is 33.6. The molecule has 0 bridgehead atoms. The van der Waals surface area contributed by atoms with E-state index in [0.29, 0.717) is 12.8 Å². The van der Waals surface area contributed by atoms with Gasteiger partial charge in [0.05, 0.1) is 13.2 Å². The SMILES string of the molecule is CC/C=C\C/C=C\C/C=C\C/C=C\C/C=C\CCCC(=O)OCC(O)COP(=O)(O)OCCNC(=O)CCCCCCC/C=C\CCC. The molecule has 0 aliphatic heterocycles. The van der Waals surface area contributed by atoms with Crippen molar-refractivity contribution in [2.75, 3.05) is 26.4 Å². The maximum Gasteiger partial charge on any atom is 0.472 e. The molecule has 0 saturated carbocycles. The first-order valence-electron chi connectivity index (χ1n) is 17.9. The monoisotopic (exact) mass is 693 g/mol. The number of allylic oxidation sites excluding steroid dienone is 12. The van der Waals surface area contributed by atoms with Gasteiger partial charge in [0, 0.05) is 19.4 Å². The van der Waals surface area contributed by atoms with Gasteiger partial charge in [-0.15, -0.1) is 0 Å². The molecule has 0 aromatic rings. The number of rotatable bonds is 32. The van der Waals surface area contributed by atoms with Gasteiger partial charge >= 0.3 is 13.8 Å². The molecule has 0 aliphatic rings. The van der Waals surface area contributed by atoms with Crippen molar-refractivity contribution in [1.82, 2.24) is 5.32 Å². The Morgan fingerprint density at radius 3 is 1.85 bits per heavy atom. The van der Waals surface area contributed by atoms with E-state index in [4.69, 9.17) is 13.8 Å². The summed E-state index contributed by atoms with van der Waals surface area (Å²) < 4.78 is 26.6. The van der Waals surface area contributed by atoms with Gasteiger partial charge in [0.1, 0.15) is 12.7 Å². The summed E-state index contributed by atoms with van der Waals surface area (Å²) in [6.45, 7) is 3.26. The number of amides is 1. The number of nitrogens with one attached hydrogen (secondary N) is 1. The second-order valence-electron chi connectivity index (χ2n) is 11.5. The van der Waals surface area contributed by atoms with Crippen LogP contribution in [0.1, 0.15) is 123 Å². The lowest BCUT2D eigenvalue weighted by Crippen LogP contribution is -2.27. The van der Waals surface area contributed by atoms with E-state index in [-0.39, 0.29) is 32.1 Å². The molecule has 274 valence electrons. The van der Waals surface area contributed by atoms with Gasteiger partial charge in [-0.1, -0.05) is 112 Å². The lowest BCUT2D eigenvalue weighted by molar-refractivity contribution is -0.147. The molecule has 3 N–H and O–H groups in total. The van der Waals surface area contributed by atoms with Gasteiger partial charge in [-0.05, 0) is 70.6 Å². The molecule has 0 aliphatic carbocycles. The number of carbonyl (C=O) groups is 2. The number of hydrogen-bond donors (Lipinski definition) is 3. The quantitative estimate of drug-likeness (QED) is 0.0275. The van der Waals surface area contributed by atoms with Crippen molar-refractivity contribution in [1.29, 1.82) is 0 Å². The lowest BCUT2D eigenvalue weighted by Gasteiger charge is -2.15. The van der Waals surface area contributed by atoms with Gasteiger partial charge in [-0.25, -0.2) is 4.57 Å². The minimum atomic E-state index is -4.42. The number of phosphoric ester groups is 1. The molecule has 9 nitrogen and oxygen atoms in total. The summed E-state index contributed by atoms with van der Waals surface area (Å²) >= 11 is 0. The number of carbonyl (C=O) groups excluding carboxylic acids is 2. The Morgan fingerprint density at radius 1 is 0.667 bits per heavy atom. The number of unbranched alkanes of at least 4 members (excludes halogenated alkanes) is 7. The number of ether oxygens (including phenoxy) is 1. The maximum absolute atomic E-state index is 12.0. The van der Waals surface area contributed by atoms with Crippen molar-refractivity contribution in [2.45, 2.75) is 129 Å². The van der Waals surface area contributed by atoms with E-state index in [9.17, 15) is 24.2 Å². The number of aliphatic hydroxyl groups is 1. The Balaban J connectivity index is 3.77. The van der Waals surface area contributed by atoms with Crippen LogP contribution in [0.25, 0.3) is 0 Å². The fraction of sp³-hybridized carbons (Fsp3) is 0.632. The van der Waals surface area contributed by atoms with Crippen molar-refractivity contribution in [3.05, 3.63) is 72.9 Å². The molecular weight excluding hydrogens is 629 g/mol. The van der Waals surface area contributed by atoms with Gasteiger partial charge in [-0.2, -0.15) is 0 Å². The Hall–Kier alpha value is -2.55. The standard InChI is InChI=1S/C38H64NO8P/c1-3-5-7-9-11-13-15-16-17-18-19-20-21-23-25-27-29-31-38(42)45-34-36(40)35-47-48(43,44)46-33-32-39-37(41)30-28-26-24-22-14-12-10-8-6-4-2/h5,7-8,10-11,13,16-17,19-20,23,25,36,40H,3-4,6,9,12,14-15,18,21-22,24,26-35H2,1-2H3,(H,39,41)(H,43,44)/b7-5-,10-8-,13-11-,17-16-,20-19-,25-23-. The summed E-state index contributed by atoms with van der Waals surface area (Å²) in [6, 6.07) is 0. The first-order valence-corrected chi connectivity index (χ1v) is 19.4. The second-order valence-corrected chi connectivity index (χ2v) is 12.9. The van der Waals surface area contributed by atoms with Crippen LogP contribution in [0.5, 0.6) is 0 Å². The first-order chi connectivity index (χ1) is 23.3. The van der Waals surface area contributed by atoms with Crippen molar-refractivity contribution in [3.63, 3.8) is 0 Å². The normalized spacial score (nSPS) is 14.3. The highest BCUT2D eigenvalue weighted by Crippen LogP contribution is 2.42. The molecule has 1 amide bonds. The zero-order valence-electron chi connectivity index (χ0n) is 29.6. The van der Waals surface area contributed by atoms with Crippen molar-refractivity contribution < 1.29 is 37.9 Å². The Bertz CT molecular complexity index is 1020. The van der Waals surface area contributed by atoms with E-state index in [0.717, 1.165) is 77.0 Å². The van der Waals surface area contributed by atoms with Gasteiger partial charge in [-0.3, -0.25) is 18.6 Å². The zero-order chi connectivity index (χ0) is 35.4. The summed E-state index contributed by atoms with van der Waals surface area (Å²) in [7, 11) is -4.42. The van der Waals surface area contributed by atoms with Crippen LogP contribution in [-0.2, 0) is 27.9 Å². The number of phosphoric acid groups is 1. The minimum Gasteiger partial charge on any atom is -0.463 e. The van der Waals surface area contributed by atoms with E-state index >= 15 is 0 Å². The van der Waals surface area contributed by atoms with Gasteiger partial charge in [0.15, 0.2) is 0 Å². The molecule has 0 spiro atoms. The molecular formula is C38H64NO8P. The Kier molecular flexibility index (Phi) is 32.5. The van der Waals surface area contributed by atoms with Crippen LogP contribution in [0.3, 0.4) is 0 Å². The number of esters is 1. The van der Waals surface area contributed by atoms with E-state index in [2.05, 4.69) is 86.0 Å². The summed E-state index contributed by atoms with van der Waals surface area (Å²) in [5.74, 6) is -0.597. The van der Waals surface area contributed by atoms with Crippen molar-refractivity contribution >= 4 is 19.7 Å². The summed E-state index contributed by atoms with van der Waals surface area (Å²) in [5.41, 5.74) is 0. The van der Waals surface area contributed by atoms with Crippen LogP contribution in [-0.4, -0.2) is 54.3 Å². The molecule has 0 saturated heterocycles. The topological polar surface area (TPSA) is 131 Å². The third kappa shape index (κ3) is 34.8. The predicted octanol–water partition coefficient (Wildman–Crippen LogP) is 9.15. The molecule has 10 heteroatoms. The molecule has 2 unspecified atom stereocenters. The zero-order valence-corrected chi connectivity index (χ0v) is 30.5. The third-order valence-electron chi connectivity index (χ3n) is 6.85. The van der Waals surface area contributed by atoms with Crippen LogP contribution >= 0.6 is 7.82 Å². The van der Waals surface area contributed by atoms with Crippen LogP contribution in [0.15, 0.2) is 72.9 Å². The van der Waals surface area contributed by atoms with Gasteiger partial charge in [0.25, 0.3) is 0 Å². The molecule has 48 heavy (non-hydrogen) atoms. The molecule has 0 aromatic carbocycles. The average Bonchev–Trinajstić information content (AvgIpc) is 3.07. The van der Waals surface area contributed by atoms with Crippen molar-refractivity contribution in [3.8, 4) is 0 Å². The largest absolute Gasteiger partial charge is 0.472 e. The highest BCUT2D eigenvalue weighted by molar-refractivity contribution is 7.47. The molecule has 0 radical (unpaired) electrons. The van der Waals surface area contributed by atoms with E-state index in [1.54, 1.807) is 0 Å². The molecule has 0 rings (SSSR count). The highest BCUT2D eigenvalue weighted by Gasteiger charge is 2.23. The van der Waals surface area contributed by atoms with E-state index in [1.807, 2.05) is 6.08 Å². The number of aliphatic hydroxyl groups excluding tert-OH is 1. The maximum atomic E-state index is 12.0. The molecule has 0 fully saturated rings. The highest BCUT2D eigenvalue weighted by atomic mass is 31.2.